The highest BCUT2D eigenvalue weighted by molar-refractivity contribution is 9.10. The summed E-state index contributed by atoms with van der Waals surface area (Å²) < 4.78 is 24.9. The molecule has 12 heteroatoms. The van der Waals surface area contributed by atoms with E-state index >= 15 is 0 Å². The minimum absolute atomic E-state index is 0.343. The monoisotopic (exact) mass is 1180 g/mol. The maximum absolute atomic E-state index is 6.27. The topological polar surface area (TPSA) is 83.6 Å². The lowest BCUT2D eigenvalue weighted by Gasteiger charge is -2.32. The summed E-state index contributed by atoms with van der Waals surface area (Å²) >= 11 is 3.57. The van der Waals surface area contributed by atoms with Crippen molar-refractivity contribution in [3.8, 4) is 28.2 Å². The minimum atomic E-state index is -0.353. The summed E-state index contributed by atoms with van der Waals surface area (Å²) in [5.41, 5.74) is 19.7. The van der Waals surface area contributed by atoms with Gasteiger partial charge in [0.2, 0.25) is 11.6 Å². The SMILES string of the molecule is Brc1ccc2nc3n(-c4ccccc4)c4ccccc4n3c2c1.CC1(C)OB(c2ccc3c(c2)c2ccccc2n3-c2ccccc2)OC1(C)C.c1ccc(-n2c3ccccc3n3c4cc(-c5ccc6[nH]c7ccccc7c6c5)ccc4nc23)cc1. The molecule has 18 rings (SSSR count). The number of fused-ring (bicyclic) bond motifs is 16. The van der Waals surface area contributed by atoms with E-state index in [0.29, 0.717) is 0 Å². The van der Waals surface area contributed by atoms with Crippen LogP contribution in [0.5, 0.6) is 0 Å². The number of benzene rings is 11. The van der Waals surface area contributed by atoms with Gasteiger partial charge in [-0.05, 0) is 166 Å². The van der Waals surface area contributed by atoms with Crippen molar-refractivity contribution in [2.45, 2.75) is 38.9 Å². The van der Waals surface area contributed by atoms with Gasteiger partial charge in [-0.25, -0.2) is 9.97 Å². The van der Waals surface area contributed by atoms with E-state index in [1.165, 1.54) is 49.2 Å². The van der Waals surface area contributed by atoms with E-state index in [4.69, 9.17) is 19.3 Å². The number of aromatic amines is 1. The Morgan fingerprint density at radius 2 is 0.814 bits per heavy atom. The van der Waals surface area contributed by atoms with Crippen LogP contribution in [0.25, 0.3) is 127 Å². The van der Waals surface area contributed by atoms with Crippen molar-refractivity contribution in [1.29, 1.82) is 0 Å². The number of hydrogen-bond donors (Lipinski definition) is 1. The van der Waals surface area contributed by atoms with Crippen molar-refractivity contribution in [3.05, 3.63) is 265 Å². The zero-order valence-electron chi connectivity index (χ0n) is 47.7. The molecule has 0 unspecified atom stereocenters. The molecular formula is C74H56BBrN8O2. The third-order valence-electron chi connectivity index (χ3n) is 17.5. The summed E-state index contributed by atoms with van der Waals surface area (Å²) in [5, 5.41) is 4.95. The first kappa shape index (κ1) is 51.6. The maximum atomic E-state index is 6.27. The Kier molecular flexibility index (Phi) is 12.1. The number of imidazole rings is 4. The molecule has 1 saturated heterocycles. The quantitative estimate of drug-likeness (QED) is 0.174. The third-order valence-corrected chi connectivity index (χ3v) is 18.0. The summed E-state index contributed by atoms with van der Waals surface area (Å²) in [7, 11) is -0.353. The smallest absolute Gasteiger partial charge is 0.399 e. The average Bonchev–Trinajstić information content (AvgIpc) is 1.86. The normalized spacial score (nSPS) is 13.9. The molecule has 11 aromatic carbocycles. The molecule has 1 N–H and O–H groups in total. The zero-order valence-corrected chi connectivity index (χ0v) is 49.3. The standard InChI is InChI=1S/C31H20N4.C24H24BNO2.C19H12BrN3/c1-2-8-22(9-3-1)34-28-12-6-7-13-29(28)35-30-19-21(15-17-27(30)33-31(34)35)20-14-16-26-24(18-20)23-10-4-5-11-25(23)32-26;1-23(2)24(3,4)28-25(27-23)17-14-15-22-20(16-17)19-12-8-9-13-21(19)26(22)18-10-6-5-7-11-18;20-13-10-11-15-18(12-13)23-17-9-5-4-8-16(17)22(19(23)21-15)14-6-2-1-3-7-14/h1-19,32H;5-16H,1-4H3;1-12H. The summed E-state index contributed by atoms with van der Waals surface area (Å²) in [4.78, 5) is 13.5. The van der Waals surface area contributed by atoms with Crippen molar-refractivity contribution in [1.82, 2.24) is 37.5 Å². The maximum Gasteiger partial charge on any atom is 0.494 e. The number of aromatic nitrogens is 8. The summed E-state index contributed by atoms with van der Waals surface area (Å²) in [6.07, 6.45) is 0. The van der Waals surface area contributed by atoms with Gasteiger partial charge >= 0.3 is 7.12 Å². The predicted molar refractivity (Wildman–Crippen MR) is 358 cm³/mol. The highest BCUT2D eigenvalue weighted by atomic mass is 79.9. The largest absolute Gasteiger partial charge is 0.494 e. The fraction of sp³-hybridized carbons (Fsp3) is 0.0811. The van der Waals surface area contributed by atoms with Gasteiger partial charge in [-0.2, -0.15) is 0 Å². The van der Waals surface area contributed by atoms with E-state index in [2.05, 4.69) is 308 Å². The summed E-state index contributed by atoms with van der Waals surface area (Å²) in [5.74, 6) is 1.86. The van der Waals surface area contributed by atoms with Crippen LogP contribution in [0.1, 0.15) is 27.7 Å². The number of halogens is 1. The van der Waals surface area contributed by atoms with Crippen molar-refractivity contribution < 1.29 is 9.31 Å². The molecule has 0 amide bonds. The Morgan fingerprint density at radius 3 is 1.42 bits per heavy atom. The molecule has 1 aliphatic rings. The molecule has 0 spiro atoms. The van der Waals surface area contributed by atoms with Gasteiger partial charge in [0.25, 0.3) is 0 Å². The number of nitrogens with one attached hydrogen (secondary N) is 1. The second-order valence-electron chi connectivity index (χ2n) is 23.1. The predicted octanol–water partition coefficient (Wildman–Crippen LogP) is 18.0. The van der Waals surface area contributed by atoms with E-state index in [1.807, 2.05) is 24.3 Å². The van der Waals surface area contributed by atoms with Gasteiger partial charge in [0.05, 0.1) is 66.4 Å². The zero-order chi connectivity index (χ0) is 57.8. The molecule has 0 saturated carbocycles. The number of nitrogens with zero attached hydrogens (tertiary/aromatic N) is 7. The molecule has 17 aromatic rings. The van der Waals surface area contributed by atoms with Crippen LogP contribution in [0.2, 0.25) is 0 Å². The first-order valence-corrected chi connectivity index (χ1v) is 29.9. The molecule has 10 nitrogen and oxygen atoms in total. The lowest BCUT2D eigenvalue weighted by Crippen LogP contribution is -2.41. The number of para-hydroxylation sites is 9. The van der Waals surface area contributed by atoms with Crippen LogP contribution >= 0.6 is 15.9 Å². The first-order chi connectivity index (χ1) is 42.0. The van der Waals surface area contributed by atoms with E-state index in [0.717, 1.165) is 88.2 Å². The molecule has 0 bridgehead atoms. The van der Waals surface area contributed by atoms with Crippen LogP contribution in [0.4, 0.5) is 0 Å². The molecular weight excluding hydrogens is 1120 g/mol. The van der Waals surface area contributed by atoms with Gasteiger partial charge in [0, 0.05) is 54.1 Å². The van der Waals surface area contributed by atoms with Crippen LogP contribution < -0.4 is 5.46 Å². The Bertz CT molecular complexity index is 5450. The number of hydrogen-bond acceptors (Lipinski definition) is 4. The van der Waals surface area contributed by atoms with Crippen molar-refractivity contribution in [2.75, 3.05) is 0 Å². The van der Waals surface area contributed by atoms with E-state index < -0.39 is 0 Å². The fourth-order valence-electron chi connectivity index (χ4n) is 12.6. The summed E-state index contributed by atoms with van der Waals surface area (Å²) in [6.45, 7) is 8.36. The van der Waals surface area contributed by atoms with Crippen molar-refractivity contribution in [2.24, 2.45) is 0 Å². The second-order valence-corrected chi connectivity index (χ2v) is 24.0. The number of rotatable bonds is 5. The molecule has 6 aromatic heterocycles. The molecule has 1 fully saturated rings. The number of H-pyrrole nitrogens is 1. The highest BCUT2D eigenvalue weighted by Crippen LogP contribution is 2.39. The molecule has 7 heterocycles. The average molecular weight is 1180 g/mol. The van der Waals surface area contributed by atoms with E-state index in [9.17, 15) is 0 Å². The van der Waals surface area contributed by atoms with Gasteiger partial charge < -0.3 is 18.9 Å². The van der Waals surface area contributed by atoms with Gasteiger partial charge in [-0.15, -0.1) is 0 Å². The Labute approximate surface area is 504 Å². The van der Waals surface area contributed by atoms with Crippen LogP contribution in [0.3, 0.4) is 0 Å². The molecule has 86 heavy (non-hydrogen) atoms. The van der Waals surface area contributed by atoms with Gasteiger partial charge in [0.1, 0.15) is 0 Å². The van der Waals surface area contributed by atoms with E-state index in [-0.39, 0.29) is 18.3 Å². The Morgan fingerprint density at radius 1 is 0.360 bits per heavy atom. The molecule has 0 radical (unpaired) electrons. The first-order valence-electron chi connectivity index (χ1n) is 29.1. The lowest BCUT2D eigenvalue weighted by atomic mass is 9.78. The van der Waals surface area contributed by atoms with Crippen molar-refractivity contribution in [3.63, 3.8) is 0 Å². The molecule has 0 atom stereocenters. The minimum Gasteiger partial charge on any atom is -0.399 e. The van der Waals surface area contributed by atoms with Crippen LogP contribution in [-0.4, -0.2) is 55.8 Å². The van der Waals surface area contributed by atoms with E-state index in [1.54, 1.807) is 0 Å². The Hall–Kier alpha value is -9.98. The van der Waals surface area contributed by atoms with Gasteiger partial charge in [-0.1, -0.05) is 155 Å². The molecule has 1 aliphatic heterocycles. The Balaban J connectivity index is 0.000000107. The molecule has 0 aliphatic carbocycles. The second kappa shape index (κ2) is 20.1. The summed E-state index contributed by atoms with van der Waals surface area (Å²) in [6, 6.07) is 91.3. The van der Waals surface area contributed by atoms with Gasteiger partial charge in [0.15, 0.2) is 0 Å². The fourth-order valence-corrected chi connectivity index (χ4v) is 13.0. The van der Waals surface area contributed by atoms with Crippen LogP contribution in [-0.2, 0) is 9.31 Å². The third kappa shape index (κ3) is 8.38. The van der Waals surface area contributed by atoms with Gasteiger partial charge in [-0.3, -0.25) is 17.9 Å². The van der Waals surface area contributed by atoms with Crippen LogP contribution in [0, 0.1) is 0 Å². The highest BCUT2D eigenvalue weighted by Gasteiger charge is 2.51. The lowest BCUT2D eigenvalue weighted by molar-refractivity contribution is 0.00578. The van der Waals surface area contributed by atoms with Crippen LogP contribution in [0.15, 0.2) is 265 Å². The molecule has 414 valence electrons. The van der Waals surface area contributed by atoms with Crippen molar-refractivity contribution >= 4 is 128 Å².